The first-order valence-corrected chi connectivity index (χ1v) is 7.56. The van der Waals surface area contributed by atoms with E-state index in [0.29, 0.717) is 36.0 Å². The van der Waals surface area contributed by atoms with E-state index in [9.17, 15) is 4.79 Å². The number of ether oxygens (including phenoxy) is 2. The van der Waals surface area contributed by atoms with E-state index in [0.717, 1.165) is 5.69 Å². The second-order valence-electron chi connectivity index (χ2n) is 5.55. The van der Waals surface area contributed by atoms with Gasteiger partial charge in [-0.15, -0.1) is 0 Å². The number of rotatable bonds is 5. The molecule has 23 heavy (non-hydrogen) atoms. The lowest BCUT2D eigenvalue weighted by Gasteiger charge is -2.18. The molecule has 4 nitrogen and oxygen atoms in total. The molecule has 0 spiro atoms. The number of hydrogen-bond donors (Lipinski definition) is 1. The van der Waals surface area contributed by atoms with Gasteiger partial charge in [0.15, 0.2) is 17.3 Å². The van der Waals surface area contributed by atoms with Crippen LogP contribution >= 0.6 is 0 Å². The molecule has 0 radical (unpaired) electrons. The van der Waals surface area contributed by atoms with Crippen molar-refractivity contribution in [3.63, 3.8) is 0 Å². The molecule has 0 saturated heterocycles. The molecule has 0 unspecified atom stereocenters. The minimum absolute atomic E-state index is 0.00779. The van der Waals surface area contributed by atoms with Crippen molar-refractivity contribution in [2.24, 2.45) is 0 Å². The molecule has 1 aliphatic rings. The molecule has 0 saturated carbocycles. The Balaban J connectivity index is 1.64. The number of benzene rings is 2. The standard InChI is InChI=1S/C19H19NO3/c1-13-3-6-16(7-4-13)20-14(2)11-17(21)15-5-8-18-19(12-15)23-10-9-22-18/h3-8,12,20H,2,9-11H2,1H3. The maximum absolute atomic E-state index is 12.4. The van der Waals surface area contributed by atoms with Crippen molar-refractivity contribution in [2.45, 2.75) is 13.3 Å². The number of carbonyl (C=O) groups excluding carboxylic acids is 1. The summed E-state index contributed by atoms with van der Waals surface area (Å²) in [7, 11) is 0. The third kappa shape index (κ3) is 3.72. The quantitative estimate of drug-likeness (QED) is 0.849. The Labute approximate surface area is 135 Å². The molecule has 0 aliphatic carbocycles. The average Bonchev–Trinajstić information content (AvgIpc) is 2.56. The monoisotopic (exact) mass is 309 g/mol. The molecule has 4 heteroatoms. The van der Waals surface area contributed by atoms with Gasteiger partial charge in [0.05, 0.1) is 6.42 Å². The predicted molar refractivity (Wildman–Crippen MR) is 90.3 cm³/mol. The van der Waals surface area contributed by atoms with Crippen molar-refractivity contribution in [2.75, 3.05) is 18.5 Å². The van der Waals surface area contributed by atoms with Crippen molar-refractivity contribution >= 4 is 11.5 Å². The second kappa shape index (κ2) is 6.57. The minimum atomic E-state index is -0.00779. The molecular weight excluding hydrogens is 290 g/mol. The lowest BCUT2D eigenvalue weighted by atomic mass is 10.1. The maximum atomic E-state index is 12.4. The Morgan fingerprint density at radius 3 is 2.52 bits per heavy atom. The van der Waals surface area contributed by atoms with Crippen LogP contribution in [-0.2, 0) is 0 Å². The van der Waals surface area contributed by atoms with Gasteiger partial charge in [0.1, 0.15) is 13.2 Å². The molecule has 2 aromatic carbocycles. The van der Waals surface area contributed by atoms with Crippen LogP contribution in [0.2, 0.25) is 0 Å². The number of allylic oxidation sites excluding steroid dienone is 1. The van der Waals surface area contributed by atoms with Gasteiger partial charge in [-0.2, -0.15) is 0 Å². The van der Waals surface area contributed by atoms with Gasteiger partial charge in [0, 0.05) is 16.9 Å². The fourth-order valence-electron chi connectivity index (χ4n) is 2.40. The molecule has 0 atom stereocenters. The van der Waals surface area contributed by atoms with E-state index in [1.807, 2.05) is 31.2 Å². The highest BCUT2D eigenvalue weighted by Gasteiger charge is 2.15. The number of Topliss-reactive ketones (excluding diaryl/α,β-unsaturated/α-hetero) is 1. The normalized spacial score (nSPS) is 12.6. The number of ketones is 1. The van der Waals surface area contributed by atoms with Crippen LogP contribution in [0.4, 0.5) is 5.69 Å². The number of aryl methyl sites for hydroxylation is 1. The van der Waals surface area contributed by atoms with E-state index in [4.69, 9.17) is 9.47 Å². The van der Waals surface area contributed by atoms with Crippen LogP contribution in [0.15, 0.2) is 54.7 Å². The zero-order valence-electron chi connectivity index (χ0n) is 13.1. The molecule has 2 aromatic rings. The van der Waals surface area contributed by atoms with Gasteiger partial charge in [-0.1, -0.05) is 24.3 Å². The van der Waals surface area contributed by atoms with E-state index >= 15 is 0 Å². The van der Waals surface area contributed by atoms with Gasteiger partial charge in [0.25, 0.3) is 0 Å². The molecule has 0 amide bonds. The van der Waals surface area contributed by atoms with Gasteiger partial charge in [-0.05, 0) is 37.3 Å². The van der Waals surface area contributed by atoms with Crippen LogP contribution in [0.1, 0.15) is 22.3 Å². The first kappa shape index (κ1) is 15.2. The molecule has 118 valence electrons. The zero-order chi connectivity index (χ0) is 16.2. The maximum Gasteiger partial charge on any atom is 0.168 e. The van der Waals surface area contributed by atoms with Gasteiger partial charge in [-0.3, -0.25) is 4.79 Å². The lowest BCUT2D eigenvalue weighted by Crippen LogP contribution is -2.16. The van der Waals surface area contributed by atoms with Gasteiger partial charge < -0.3 is 14.8 Å². The fourth-order valence-corrected chi connectivity index (χ4v) is 2.40. The number of hydrogen-bond acceptors (Lipinski definition) is 4. The fraction of sp³-hybridized carbons (Fsp3) is 0.211. The van der Waals surface area contributed by atoms with Gasteiger partial charge in [0.2, 0.25) is 0 Å². The smallest absolute Gasteiger partial charge is 0.168 e. The number of nitrogens with one attached hydrogen (secondary N) is 1. The Kier molecular flexibility index (Phi) is 4.33. The SMILES string of the molecule is C=C(CC(=O)c1ccc2c(c1)OCCO2)Nc1ccc(C)cc1. The number of fused-ring (bicyclic) bond motifs is 1. The van der Waals surface area contributed by atoms with Crippen molar-refractivity contribution < 1.29 is 14.3 Å². The third-order valence-electron chi connectivity index (χ3n) is 3.61. The van der Waals surface area contributed by atoms with Crippen LogP contribution in [0.3, 0.4) is 0 Å². The summed E-state index contributed by atoms with van der Waals surface area (Å²) in [5.41, 5.74) is 3.37. The van der Waals surface area contributed by atoms with Crippen molar-refractivity contribution in [3.8, 4) is 11.5 Å². The summed E-state index contributed by atoms with van der Waals surface area (Å²) in [5.74, 6) is 1.30. The summed E-state index contributed by atoms with van der Waals surface area (Å²) >= 11 is 0. The van der Waals surface area contributed by atoms with Gasteiger partial charge in [-0.25, -0.2) is 0 Å². The molecule has 1 heterocycles. The molecule has 1 N–H and O–H groups in total. The van der Waals surface area contributed by atoms with Crippen LogP contribution in [-0.4, -0.2) is 19.0 Å². The first-order chi connectivity index (χ1) is 11.1. The molecule has 0 aromatic heterocycles. The third-order valence-corrected chi connectivity index (χ3v) is 3.61. The van der Waals surface area contributed by atoms with Crippen LogP contribution in [0.25, 0.3) is 0 Å². The summed E-state index contributed by atoms with van der Waals surface area (Å²) < 4.78 is 11.0. The Morgan fingerprint density at radius 1 is 1.09 bits per heavy atom. The van der Waals surface area contributed by atoms with Gasteiger partial charge >= 0.3 is 0 Å². The number of carbonyl (C=O) groups is 1. The van der Waals surface area contributed by atoms with Crippen LogP contribution in [0, 0.1) is 6.92 Å². The summed E-state index contributed by atoms with van der Waals surface area (Å²) in [6.07, 6.45) is 0.230. The molecular formula is C19H19NO3. The average molecular weight is 309 g/mol. The number of anilines is 1. The van der Waals surface area contributed by atoms with Crippen molar-refractivity contribution in [3.05, 3.63) is 65.9 Å². The Bertz CT molecular complexity index is 735. The largest absolute Gasteiger partial charge is 0.486 e. The summed E-state index contributed by atoms with van der Waals surface area (Å²) in [6, 6.07) is 13.2. The molecule has 0 fully saturated rings. The second-order valence-corrected chi connectivity index (χ2v) is 5.55. The van der Waals surface area contributed by atoms with E-state index in [1.54, 1.807) is 18.2 Å². The summed E-state index contributed by atoms with van der Waals surface area (Å²) in [5, 5.41) is 3.16. The zero-order valence-corrected chi connectivity index (χ0v) is 13.1. The van der Waals surface area contributed by atoms with Crippen molar-refractivity contribution in [1.82, 2.24) is 0 Å². The lowest BCUT2D eigenvalue weighted by molar-refractivity contribution is 0.0992. The molecule has 0 bridgehead atoms. The van der Waals surface area contributed by atoms with Crippen LogP contribution in [0.5, 0.6) is 11.5 Å². The topological polar surface area (TPSA) is 47.6 Å². The van der Waals surface area contributed by atoms with Crippen LogP contribution < -0.4 is 14.8 Å². The van der Waals surface area contributed by atoms with Crippen molar-refractivity contribution in [1.29, 1.82) is 0 Å². The summed E-state index contributed by atoms with van der Waals surface area (Å²) in [6.45, 7) is 7.01. The minimum Gasteiger partial charge on any atom is -0.486 e. The first-order valence-electron chi connectivity index (χ1n) is 7.56. The van der Waals surface area contributed by atoms with E-state index in [-0.39, 0.29) is 12.2 Å². The highest BCUT2D eigenvalue weighted by atomic mass is 16.6. The summed E-state index contributed by atoms with van der Waals surface area (Å²) in [4.78, 5) is 12.4. The van der Waals surface area contributed by atoms with E-state index < -0.39 is 0 Å². The Hall–Kier alpha value is -2.75. The molecule has 1 aliphatic heterocycles. The Morgan fingerprint density at radius 2 is 1.78 bits per heavy atom. The highest BCUT2D eigenvalue weighted by molar-refractivity contribution is 5.98. The molecule has 3 rings (SSSR count). The predicted octanol–water partition coefficient (Wildman–Crippen LogP) is 3.96. The van der Waals surface area contributed by atoms with E-state index in [1.165, 1.54) is 5.56 Å². The highest BCUT2D eigenvalue weighted by Crippen LogP contribution is 2.31. The van der Waals surface area contributed by atoms with E-state index in [2.05, 4.69) is 11.9 Å².